The fraction of sp³-hybridized carbons (Fsp3) is 0.588. The predicted molar refractivity (Wildman–Crippen MR) is 85.4 cm³/mol. The molecule has 0 aromatic heterocycles. The van der Waals surface area contributed by atoms with Gasteiger partial charge >= 0.3 is 0 Å². The van der Waals surface area contributed by atoms with Gasteiger partial charge in [0, 0.05) is 24.3 Å². The Kier molecular flexibility index (Phi) is 4.27. The van der Waals surface area contributed by atoms with E-state index in [1.165, 1.54) is 18.4 Å². The van der Waals surface area contributed by atoms with Gasteiger partial charge in [0.05, 0.1) is 6.04 Å². The summed E-state index contributed by atoms with van der Waals surface area (Å²) in [6.07, 6.45) is 4.45. The van der Waals surface area contributed by atoms with E-state index in [4.69, 9.17) is 0 Å². The topological polar surface area (TPSA) is 44.4 Å². The molecule has 1 aromatic rings. The van der Waals surface area contributed by atoms with Crippen molar-refractivity contribution in [1.29, 1.82) is 0 Å². The molecular weight excluding hydrogens is 262 g/mol. The molecule has 21 heavy (non-hydrogen) atoms. The molecule has 0 bridgehead atoms. The first-order valence-corrected chi connectivity index (χ1v) is 7.99. The maximum atomic E-state index is 12.3. The van der Waals surface area contributed by atoms with Crippen molar-refractivity contribution in [1.82, 2.24) is 10.2 Å². The Bertz CT molecular complexity index is 513. The fourth-order valence-electron chi connectivity index (χ4n) is 3.00. The van der Waals surface area contributed by atoms with Gasteiger partial charge < -0.3 is 10.6 Å². The summed E-state index contributed by atoms with van der Waals surface area (Å²) < 4.78 is 0. The van der Waals surface area contributed by atoms with Gasteiger partial charge in [-0.2, -0.15) is 0 Å². The van der Waals surface area contributed by atoms with Crippen LogP contribution >= 0.6 is 0 Å². The standard InChI is InChI=1S/C17H25N3O/c1-12(20(2)14-8-9-14)11-18-16-10-7-13-5-3-4-6-15(13)19-17(16)21/h3-6,12,14,16,18H,7-11H2,1-2H3,(H,19,21). The molecule has 1 heterocycles. The second kappa shape index (κ2) is 6.16. The van der Waals surface area contributed by atoms with Crippen LogP contribution in [-0.4, -0.2) is 42.5 Å². The first-order chi connectivity index (χ1) is 10.1. The molecule has 4 heteroatoms. The number of carbonyl (C=O) groups is 1. The van der Waals surface area contributed by atoms with Crippen LogP contribution in [-0.2, 0) is 11.2 Å². The highest BCUT2D eigenvalue weighted by atomic mass is 16.2. The van der Waals surface area contributed by atoms with Crippen molar-refractivity contribution >= 4 is 11.6 Å². The van der Waals surface area contributed by atoms with E-state index >= 15 is 0 Å². The molecule has 4 nitrogen and oxygen atoms in total. The second-order valence-corrected chi connectivity index (χ2v) is 6.39. The van der Waals surface area contributed by atoms with Crippen molar-refractivity contribution in [3.8, 4) is 0 Å². The van der Waals surface area contributed by atoms with Crippen LogP contribution in [0.5, 0.6) is 0 Å². The molecule has 2 aliphatic rings. The van der Waals surface area contributed by atoms with Gasteiger partial charge in [0.2, 0.25) is 5.91 Å². The molecule has 2 atom stereocenters. The number of hydrogen-bond acceptors (Lipinski definition) is 3. The molecule has 1 aliphatic heterocycles. The summed E-state index contributed by atoms with van der Waals surface area (Å²) in [5.41, 5.74) is 2.20. The third kappa shape index (κ3) is 3.44. The van der Waals surface area contributed by atoms with E-state index in [1.807, 2.05) is 18.2 Å². The lowest BCUT2D eigenvalue weighted by molar-refractivity contribution is -0.118. The second-order valence-electron chi connectivity index (χ2n) is 6.39. The van der Waals surface area contributed by atoms with E-state index in [9.17, 15) is 4.79 Å². The average molecular weight is 287 g/mol. The Morgan fingerprint density at radius 2 is 2.10 bits per heavy atom. The van der Waals surface area contributed by atoms with Crippen LogP contribution < -0.4 is 10.6 Å². The summed E-state index contributed by atoms with van der Waals surface area (Å²) in [6.45, 7) is 3.09. The number of carbonyl (C=O) groups excluding carboxylic acids is 1. The number of rotatable bonds is 5. The van der Waals surface area contributed by atoms with Gasteiger partial charge in [0.1, 0.15) is 0 Å². The number of amides is 1. The largest absolute Gasteiger partial charge is 0.324 e. The summed E-state index contributed by atoms with van der Waals surface area (Å²) in [5, 5.41) is 6.50. The quantitative estimate of drug-likeness (QED) is 0.871. The maximum Gasteiger partial charge on any atom is 0.241 e. The van der Waals surface area contributed by atoms with Gasteiger partial charge in [-0.1, -0.05) is 18.2 Å². The van der Waals surface area contributed by atoms with Crippen LogP contribution in [0.25, 0.3) is 0 Å². The molecule has 1 amide bonds. The number of benzene rings is 1. The van der Waals surface area contributed by atoms with Crippen LogP contribution in [0, 0.1) is 0 Å². The van der Waals surface area contributed by atoms with E-state index < -0.39 is 0 Å². The minimum atomic E-state index is -0.0903. The molecule has 2 N–H and O–H groups in total. The normalized spacial score (nSPS) is 23.4. The first kappa shape index (κ1) is 14.5. The van der Waals surface area contributed by atoms with Gasteiger partial charge in [-0.15, -0.1) is 0 Å². The molecule has 0 radical (unpaired) electrons. The Labute approximate surface area is 126 Å². The molecule has 1 fully saturated rings. The lowest BCUT2D eigenvalue weighted by atomic mass is 10.1. The zero-order chi connectivity index (χ0) is 14.8. The third-order valence-electron chi connectivity index (χ3n) is 4.77. The van der Waals surface area contributed by atoms with Crippen LogP contribution in [0.2, 0.25) is 0 Å². The van der Waals surface area contributed by atoms with Crippen LogP contribution in [0.3, 0.4) is 0 Å². The van der Waals surface area contributed by atoms with E-state index in [0.717, 1.165) is 31.1 Å². The number of anilines is 1. The summed E-state index contributed by atoms with van der Waals surface area (Å²) >= 11 is 0. The summed E-state index contributed by atoms with van der Waals surface area (Å²) in [5.74, 6) is 0.0984. The Balaban J connectivity index is 1.56. The third-order valence-corrected chi connectivity index (χ3v) is 4.77. The smallest absolute Gasteiger partial charge is 0.241 e. The monoisotopic (exact) mass is 287 g/mol. The zero-order valence-electron chi connectivity index (χ0n) is 12.9. The number of fused-ring (bicyclic) bond motifs is 1. The number of nitrogens with one attached hydrogen (secondary N) is 2. The van der Waals surface area contributed by atoms with E-state index in [0.29, 0.717) is 6.04 Å². The van der Waals surface area contributed by atoms with Gasteiger partial charge in [-0.3, -0.25) is 9.69 Å². The molecule has 1 saturated carbocycles. The fourth-order valence-corrected chi connectivity index (χ4v) is 3.00. The van der Waals surface area contributed by atoms with E-state index in [1.54, 1.807) is 0 Å². The van der Waals surface area contributed by atoms with E-state index in [2.05, 4.69) is 35.6 Å². The lowest BCUT2D eigenvalue weighted by Gasteiger charge is -2.26. The van der Waals surface area contributed by atoms with Gasteiger partial charge in [-0.05, 0) is 51.3 Å². The molecule has 1 aliphatic carbocycles. The highest BCUT2D eigenvalue weighted by molar-refractivity contribution is 5.96. The molecular formula is C17H25N3O. The van der Waals surface area contributed by atoms with Gasteiger partial charge in [0.15, 0.2) is 0 Å². The lowest BCUT2D eigenvalue weighted by Crippen LogP contribution is -2.46. The minimum absolute atomic E-state index is 0.0903. The van der Waals surface area contributed by atoms with Crippen molar-refractivity contribution < 1.29 is 4.79 Å². The SMILES string of the molecule is CC(CNC1CCc2ccccc2NC1=O)N(C)C1CC1. The average Bonchev–Trinajstić information content (AvgIpc) is 3.32. The summed E-state index contributed by atoms with van der Waals surface area (Å²) in [6, 6.07) is 9.23. The zero-order valence-corrected chi connectivity index (χ0v) is 12.9. The highest BCUT2D eigenvalue weighted by Gasteiger charge is 2.30. The number of nitrogens with zero attached hydrogens (tertiary/aromatic N) is 1. The van der Waals surface area contributed by atoms with Crippen LogP contribution in [0.4, 0.5) is 5.69 Å². The van der Waals surface area contributed by atoms with Crippen LogP contribution in [0.15, 0.2) is 24.3 Å². The number of likely N-dealkylation sites (N-methyl/N-ethyl adjacent to an activating group) is 1. The van der Waals surface area contributed by atoms with Gasteiger partial charge in [0.25, 0.3) is 0 Å². The molecule has 0 saturated heterocycles. The predicted octanol–water partition coefficient (Wildman–Crippen LogP) is 2.01. The number of hydrogen-bond donors (Lipinski definition) is 2. The maximum absolute atomic E-state index is 12.3. The first-order valence-electron chi connectivity index (χ1n) is 7.99. The van der Waals surface area contributed by atoms with Crippen molar-refractivity contribution in [2.75, 3.05) is 18.9 Å². The molecule has 3 rings (SSSR count). The Hall–Kier alpha value is -1.39. The van der Waals surface area contributed by atoms with E-state index in [-0.39, 0.29) is 11.9 Å². The molecule has 1 aromatic carbocycles. The number of para-hydroxylation sites is 1. The Morgan fingerprint density at radius 3 is 2.86 bits per heavy atom. The molecule has 0 spiro atoms. The summed E-state index contributed by atoms with van der Waals surface area (Å²) in [4.78, 5) is 14.7. The van der Waals surface area contributed by atoms with Crippen molar-refractivity contribution in [3.63, 3.8) is 0 Å². The van der Waals surface area contributed by atoms with Crippen molar-refractivity contribution in [2.24, 2.45) is 0 Å². The summed E-state index contributed by atoms with van der Waals surface area (Å²) in [7, 11) is 2.19. The number of aryl methyl sites for hydroxylation is 1. The molecule has 114 valence electrons. The van der Waals surface area contributed by atoms with Crippen LogP contribution in [0.1, 0.15) is 31.7 Å². The molecule has 2 unspecified atom stereocenters. The van der Waals surface area contributed by atoms with Gasteiger partial charge in [-0.25, -0.2) is 0 Å². The Morgan fingerprint density at radius 1 is 1.33 bits per heavy atom. The minimum Gasteiger partial charge on any atom is -0.324 e. The highest BCUT2D eigenvalue weighted by Crippen LogP contribution is 2.27. The van der Waals surface area contributed by atoms with Crippen molar-refractivity contribution in [2.45, 2.75) is 50.7 Å². The van der Waals surface area contributed by atoms with Crippen molar-refractivity contribution in [3.05, 3.63) is 29.8 Å².